The first-order chi connectivity index (χ1) is 19.7. The number of unbranched alkanes of at least 4 members (excludes halogenated alkanes) is 16. The quantitative estimate of drug-likeness (QED) is 0.0535. The lowest BCUT2D eigenvalue weighted by Crippen LogP contribution is -2.37. The molecule has 0 bridgehead atoms. The molecule has 0 saturated carbocycles. The molecule has 0 radical (unpaired) electrons. The normalized spacial score (nSPS) is 13.1. The first kappa shape index (κ1) is 38.3. The minimum atomic E-state index is -3.88. The molecule has 0 heterocycles. The summed E-state index contributed by atoms with van der Waals surface area (Å²) in [5.41, 5.74) is 1.01. The maximum absolute atomic E-state index is 12.9. The average molecular weight is 613 g/mol. The predicted molar refractivity (Wildman–Crippen MR) is 177 cm³/mol. The summed E-state index contributed by atoms with van der Waals surface area (Å²) in [6.45, 7) is 11.9. The monoisotopic (exact) mass is 612 g/mol. The van der Waals surface area contributed by atoms with Gasteiger partial charge >= 0.3 is 0 Å². The van der Waals surface area contributed by atoms with Crippen LogP contribution in [0.5, 0.6) is 0 Å². The van der Waals surface area contributed by atoms with Gasteiger partial charge in [-0.25, -0.2) is 0 Å². The highest BCUT2D eigenvalue weighted by atomic mass is 32.2. The molecule has 0 aromatic heterocycles. The van der Waals surface area contributed by atoms with Gasteiger partial charge in [0.25, 0.3) is 10.1 Å². The molecule has 0 aliphatic carbocycles. The molecular weight excluding hydrogens is 549 g/mol. The van der Waals surface area contributed by atoms with Crippen LogP contribution in [-0.2, 0) is 23.5 Å². The second kappa shape index (κ2) is 23.7. The second-order valence-electron chi connectivity index (χ2n) is 12.5. The zero-order chi connectivity index (χ0) is 30.2. The van der Waals surface area contributed by atoms with Gasteiger partial charge in [-0.1, -0.05) is 141 Å². The van der Waals surface area contributed by atoms with E-state index in [1.54, 1.807) is 24.3 Å². The first-order valence-corrected chi connectivity index (χ1v) is 21.4. The van der Waals surface area contributed by atoms with Crippen LogP contribution in [0.1, 0.15) is 135 Å². The van der Waals surface area contributed by atoms with E-state index < -0.39 is 24.5 Å². The largest absolute Gasteiger partial charge is 0.415 e. The van der Waals surface area contributed by atoms with E-state index in [-0.39, 0.29) is 18.1 Å². The molecule has 0 unspecified atom stereocenters. The fraction of sp³-hybridized carbons (Fsp3) is 0.824. The van der Waals surface area contributed by atoms with E-state index in [9.17, 15) is 8.42 Å². The highest BCUT2D eigenvalue weighted by Crippen LogP contribution is 2.20. The Bertz CT molecular complexity index is 841. The van der Waals surface area contributed by atoms with Crippen LogP contribution in [0.2, 0.25) is 19.1 Å². The molecule has 1 rings (SSSR count). The van der Waals surface area contributed by atoms with E-state index in [1.165, 1.54) is 89.9 Å². The lowest BCUT2D eigenvalue weighted by atomic mass is 10.0. The van der Waals surface area contributed by atoms with Gasteiger partial charge in [0.15, 0.2) is 8.32 Å². The van der Waals surface area contributed by atoms with Gasteiger partial charge < -0.3 is 9.16 Å². The van der Waals surface area contributed by atoms with Crippen LogP contribution in [-0.4, -0.2) is 42.7 Å². The summed E-state index contributed by atoms with van der Waals surface area (Å²) < 4.78 is 43.6. The molecule has 0 saturated heterocycles. The summed E-state index contributed by atoms with van der Waals surface area (Å²) in [6, 6.07) is 7.83. The van der Waals surface area contributed by atoms with Crippen molar-refractivity contribution >= 4 is 18.4 Å². The van der Waals surface area contributed by atoms with Crippen LogP contribution >= 0.6 is 0 Å². The van der Waals surface area contributed by atoms with Crippen LogP contribution in [0.25, 0.3) is 0 Å². The maximum Gasteiger partial charge on any atom is 0.297 e. The van der Waals surface area contributed by atoms with Crippen molar-refractivity contribution in [1.29, 1.82) is 0 Å². The summed E-state index contributed by atoms with van der Waals surface area (Å²) in [6.07, 6.45) is 23.0. The Morgan fingerprint density at radius 2 is 1.12 bits per heavy atom. The van der Waals surface area contributed by atoms with Crippen molar-refractivity contribution in [2.75, 3.05) is 19.8 Å². The molecule has 0 amide bonds. The summed E-state index contributed by atoms with van der Waals surface area (Å²) >= 11 is 0. The van der Waals surface area contributed by atoms with E-state index in [0.29, 0.717) is 6.61 Å². The molecule has 1 atom stereocenters. The van der Waals surface area contributed by atoms with Crippen LogP contribution in [0, 0.1) is 6.92 Å². The van der Waals surface area contributed by atoms with Crippen LogP contribution in [0.15, 0.2) is 29.2 Å². The first-order valence-electron chi connectivity index (χ1n) is 16.9. The van der Waals surface area contributed by atoms with Gasteiger partial charge in [0.05, 0.1) is 18.1 Å². The number of hydrogen-bond donors (Lipinski definition) is 0. The number of aryl methyl sites for hydroxylation is 1. The number of rotatable bonds is 28. The smallest absolute Gasteiger partial charge is 0.297 e. The number of benzene rings is 1. The van der Waals surface area contributed by atoms with Crippen LogP contribution in [0.4, 0.5) is 0 Å². The third kappa shape index (κ3) is 20.7. The standard InChI is InChI=1S/C34H64O5SSi/c1-6-8-10-11-12-13-14-15-16-17-18-19-20-21-22-23-28-37-30-33(31-38-41(4,5)29-9-7-2)39-40(35,36)34-26-24-32(3)25-27-34/h24-27,33H,6-23,28-31H2,1-5H3/t33-/m0/s1. The van der Waals surface area contributed by atoms with Crippen molar-refractivity contribution in [3.05, 3.63) is 29.8 Å². The summed E-state index contributed by atoms with van der Waals surface area (Å²) in [5.74, 6) is 0. The Morgan fingerprint density at radius 3 is 1.61 bits per heavy atom. The third-order valence-corrected chi connectivity index (χ3v) is 11.7. The number of ether oxygens (including phenoxy) is 1. The molecule has 7 heteroatoms. The van der Waals surface area contributed by atoms with Gasteiger partial charge in [0.2, 0.25) is 0 Å². The molecule has 0 aliphatic heterocycles. The maximum atomic E-state index is 12.9. The van der Waals surface area contributed by atoms with Crippen LogP contribution < -0.4 is 0 Å². The van der Waals surface area contributed by atoms with E-state index >= 15 is 0 Å². The Kier molecular flexibility index (Phi) is 22.1. The Hall–Kier alpha value is -0.733. The third-order valence-electron chi connectivity index (χ3n) is 7.81. The van der Waals surface area contributed by atoms with Crippen molar-refractivity contribution in [1.82, 2.24) is 0 Å². The Labute approximate surface area is 255 Å². The van der Waals surface area contributed by atoms with Gasteiger partial charge in [0, 0.05) is 6.61 Å². The molecule has 5 nitrogen and oxygen atoms in total. The van der Waals surface area contributed by atoms with Crippen molar-refractivity contribution in [3.8, 4) is 0 Å². The fourth-order valence-corrected chi connectivity index (χ4v) is 8.04. The SMILES string of the molecule is CCCCCCCCCCCCCCCCCCOC[C@@H](CO[Si](C)(C)CCCC)OS(=O)(=O)c1ccc(C)cc1. The van der Waals surface area contributed by atoms with E-state index in [0.717, 1.165) is 37.3 Å². The Morgan fingerprint density at radius 1 is 0.659 bits per heavy atom. The molecule has 0 spiro atoms. The molecule has 1 aromatic rings. The predicted octanol–water partition coefficient (Wildman–Crippen LogP) is 10.4. The minimum absolute atomic E-state index is 0.174. The van der Waals surface area contributed by atoms with Gasteiger partial charge in [-0.05, 0) is 44.6 Å². The molecule has 240 valence electrons. The van der Waals surface area contributed by atoms with Gasteiger partial charge in [0.1, 0.15) is 6.10 Å². The van der Waals surface area contributed by atoms with Gasteiger partial charge in [-0.2, -0.15) is 8.42 Å². The zero-order valence-electron chi connectivity index (χ0n) is 27.4. The van der Waals surface area contributed by atoms with E-state index in [2.05, 4.69) is 26.9 Å². The lowest BCUT2D eigenvalue weighted by molar-refractivity contribution is 0.0257. The summed E-state index contributed by atoms with van der Waals surface area (Å²) in [7, 11) is -5.75. The zero-order valence-corrected chi connectivity index (χ0v) is 29.2. The topological polar surface area (TPSA) is 61.8 Å². The van der Waals surface area contributed by atoms with E-state index in [4.69, 9.17) is 13.3 Å². The van der Waals surface area contributed by atoms with Gasteiger partial charge in [-0.15, -0.1) is 0 Å². The molecule has 41 heavy (non-hydrogen) atoms. The van der Waals surface area contributed by atoms with Crippen LogP contribution in [0.3, 0.4) is 0 Å². The highest BCUT2D eigenvalue weighted by molar-refractivity contribution is 7.86. The molecule has 1 aromatic carbocycles. The van der Waals surface area contributed by atoms with Crippen molar-refractivity contribution in [2.24, 2.45) is 0 Å². The van der Waals surface area contributed by atoms with Crippen molar-refractivity contribution in [2.45, 2.75) is 166 Å². The minimum Gasteiger partial charge on any atom is -0.415 e. The van der Waals surface area contributed by atoms with Gasteiger partial charge in [-0.3, -0.25) is 4.18 Å². The number of hydrogen-bond acceptors (Lipinski definition) is 5. The lowest BCUT2D eigenvalue weighted by Gasteiger charge is -2.26. The molecule has 0 N–H and O–H groups in total. The summed E-state index contributed by atoms with van der Waals surface area (Å²) in [5, 5.41) is 0. The second-order valence-corrected chi connectivity index (χ2v) is 18.4. The highest BCUT2D eigenvalue weighted by Gasteiger charge is 2.27. The fourth-order valence-electron chi connectivity index (χ4n) is 5.00. The Balaban J connectivity index is 2.24. The van der Waals surface area contributed by atoms with Crippen molar-refractivity contribution in [3.63, 3.8) is 0 Å². The van der Waals surface area contributed by atoms with E-state index in [1.807, 2.05) is 6.92 Å². The molecule has 0 fully saturated rings. The summed E-state index contributed by atoms with van der Waals surface area (Å²) in [4.78, 5) is 0.174. The molecule has 0 aliphatic rings. The van der Waals surface area contributed by atoms with Crippen molar-refractivity contribution < 1.29 is 21.8 Å². The molecular formula is C34H64O5SSi. The average Bonchev–Trinajstić information content (AvgIpc) is 2.94.